The van der Waals surface area contributed by atoms with Crippen LogP contribution in [-0.2, 0) is 6.54 Å². The van der Waals surface area contributed by atoms with Crippen molar-refractivity contribution in [3.8, 4) is 0 Å². The van der Waals surface area contributed by atoms with E-state index in [2.05, 4.69) is 18.2 Å². The highest BCUT2D eigenvalue weighted by molar-refractivity contribution is 7.98. The first-order valence-electron chi connectivity index (χ1n) is 6.31. The fourth-order valence-electron chi connectivity index (χ4n) is 1.99. The molecule has 0 heterocycles. The average Bonchev–Trinajstić information content (AvgIpc) is 2.37. The molecule has 0 aromatic heterocycles. The van der Waals surface area contributed by atoms with Crippen LogP contribution in [0.5, 0.6) is 0 Å². The van der Waals surface area contributed by atoms with Gasteiger partial charge in [-0.1, -0.05) is 12.1 Å². The van der Waals surface area contributed by atoms with Gasteiger partial charge in [0.15, 0.2) is 0 Å². The van der Waals surface area contributed by atoms with Crippen molar-refractivity contribution in [2.75, 3.05) is 25.6 Å². The number of thioether (sulfide) groups is 1. The predicted octanol–water partition coefficient (Wildman–Crippen LogP) is 2.73. The molecule has 0 spiro atoms. The van der Waals surface area contributed by atoms with Crippen LogP contribution < -0.4 is 5.73 Å². The first-order valence-corrected chi connectivity index (χ1v) is 7.70. The number of hydrogen-bond acceptors (Lipinski definition) is 3. The van der Waals surface area contributed by atoms with Crippen molar-refractivity contribution in [1.29, 1.82) is 0 Å². The van der Waals surface area contributed by atoms with Crippen LogP contribution in [0.1, 0.15) is 18.4 Å². The molecule has 0 aliphatic rings. The smallest absolute Gasteiger partial charge is 0.123 e. The third-order valence-electron chi connectivity index (χ3n) is 3.13. The molecular formula is C14H23FN2S. The van der Waals surface area contributed by atoms with Crippen LogP contribution >= 0.6 is 11.8 Å². The Hall–Kier alpha value is -0.580. The van der Waals surface area contributed by atoms with E-state index in [9.17, 15) is 4.39 Å². The van der Waals surface area contributed by atoms with Crippen LogP contribution in [-0.4, -0.2) is 36.5 Å². The van der Waals surface area contributed by atoms with Crippen molar-refractivity contribution in [3.05, 3.63) is 35.6 Å². The van der Waals surface area contributed by atoms with Crippen molar-refractivity contribution in [2.24, 2.45) is 5.73 Å². The molecule has 0 aliphatic heterocycles. The van der Waals surface area contributed by atoms with Gasteiger partial charge in [-0.25, -0.2) is 4.39 Å². The molecule has 0 fully saturated rings. The molecule has 0 saturated carbocycles. The molecule has 0 saturated heterocycles. The van der Waals surface area contributed by atoms with Crippen LogP contribution in [0.15, 0.2) is 24.3 Å². The Bertz CT molecular complexity index is 329. The number of nitrogens with zero attached hydrogens (tertiary/aromatic N) is 1. The summed E-state index contributed by atoms with van der Waals surface area (Å²) in [5.41, 5.74) is 6.95. The zero-order valence-corrected chi connectivity index (χ0v) is 12.0. The first kappa shape index (κ1) is 15.5. The van der Waals surface area contributed by atoms with E-state index in [0.717, 1.165) is 18.5 Å². The number of nitrogens with two attached hydrogens (primary N) is 1. The Morgan fingerprint density at radius 3 is 2.56 bits per heavy atom. The van der Waals surface area contributed by atoms with E-state index in [4.69, 9.17) is 5.73 Å². The SMILES string of the molecule is CSCCCC(CN)N(C)Cc1ccc(F)cc1. The summed E-state index contributed by atoms with van der Waals surface area (Å²) >= 11 is 1.87. The van der Waals surface area contributed by atoms with Crippen molar-refractivity contribution in [2.45, 2.75) is 25.4 Å². The summed E-state index contributed by atoms with van der Waals surface area (Å²) in [5, 5.41) is 0. The van der Waals surface area contributed by atoms with E-state index in [1.54, 1.807) is 0 Å². The Morgan fingerprint density at radius 1 is 1.33 bits per heavy atom. The van der Waals surface area contributed by atoms with Gasteiger partial charge in [0.05, 0.1) is 0 Å². The highest BCUT2D eigenvalue weighted by atomic mass is 32.2. The topological polar surface area (TPSA) is 29.3 Å². The fourth-order valence-corrected chi connectivity index (χ4v) is 2.44. The number of benzene rings is 1. The minimum absolute atomic E-state index is 0.184. The molecule has 2 nitrogen and oxygen atoms in total. The molecule has 1 unspecified atom stereocenters. The summed E-state index contributed by atoms with van der Waals surface area (Å²) in [6.45, 7) is 1.49. The quantitative estimate of drug-likeness (QED) is 0.737. The second-order valence-electron chi connectivity index (χ2n) is 4.57. The van der Waals surface area contributed by atoms with Crippen molar-refractivity contribution < 1.29 is 4.39 Å². The minimum atomic E-state index is -0.184. The average molecular weight is 270 g/mol. The summed E-state index contributed by atoms with van der Waals surface area (Å²) in [7, 11) is 2.08. The molecule has 0 aliphatic carbocycles. The normalized spacial score (nSPS) is 12.9. The number of rotatable bonds is 8. The van der Waals surface area contributed by atoms with Gasteiger partial charge in [-0.2, -0.15) is 11.8 Å². The van der Waals surface area contributed by atoms with E-state index in [1.807, 2.05) is 23.9 Å². The molecule has 1 aromatic carbocycles. The third-order valence-corrected chi connectivity index (χ3v) is 3.82. The van der Waals surface area contributed by atoms with E-state index >= 15 is 0 Å². The third kappa shape index (κ3) is 5.38. The highest BCUT2D eigenvalue weighted by Crippen LogP contribution is 2.12. The summed E-state index contributed by atoms with van der Waals surface area (Å²) in [5.74, 6) is 0.998. The molecule has 1 aromatic rings. The van der Waals surface area contributed by atoms with Crippen molar-refractivity contribution in [1.82, 2.24) is 4.90 Å². The number of likely N-dealkylation sites (N-methyl/N-ethyl adjacent to an activating group) is 1. The van der Waals surface area contributed by atoms with Gasteiger partial charge >= 0.3 is 0 Å². The lowest BCUT2D eigenvalue weighted by Crippen LogP contribution is -2.37. The molecule has 1 rings (SSSR count). The standard InChI is InChI=1S/C14H23FN2S/c1-17(14(10-16)4-3-9-18-2)11-12-5-7-13(15)8-6-12/h5-8,14H,3-4,9-11,16H2,1-2H3. The van der Waals surface area contributed by atoms with Crippen LogP contribution in [0.25, 0.3) is 0 Å². The lowest BCUT2D eigenvalue weighted by atomic mass is 10.1. The maximum Gasteiger partial charge on any atom is 0.123 e. The Morgan fingerprint density at radius 2 is 2.00 bits per heavy atom. The van der Waals surface area contributed by atoms with Gasteiger partial charge in [0.1, 0.15) is 5.82 Å². The van der Waals surface area contributed by atoms with Crippen molar-refractivity contribution >= 4 is 11.8 Å². The van der Waals surface area contributed by atoms with Crippen LogP contribution in [0, 0.1) is 5.82 Å². The highest BCUT2D eigenvalue weighted by Gasteiger charge is 2.12. The number of halogens is 1. The molecular weight excluding hydrogens is 247 g/mol. The monoisotopic (exact) mass is 270 g/mol. The second kappa shape index (κ2) is 8.51. The fraction of sp³-hybridized carbons (Fsp3) is 0.571. The molecule has 0 bridgehead atoms. The van der Waals surface area contributed by atoms with Gasteiger partial charge in [0.2, 0.25) is 0 Å². The Balaban J connectivity index is 2.45. The van der Waals surface area contributed by atoms with Gasteiger partial charge in [-0.05, 0) is 49.6 Å². The van der Waals surface area contributed by atoms with Crippen LogP contribution in [0.4, 0.5) is 4.39 Å². The molecule has 2 N–H and O–H groups in total. The molecule has 1 atom stereocenters. The Labute approximate surface area is 114 Å². The van der Waals surface area contributed by atoms with Gasteiger partial charge in [0.25, 0.3) is 0 Å². The zero-order chi connectivity index (χ0) is 13.4. The molecule has 0 radical (unpaired) electrons. The maximum atomic E-state index is 12.8. The first-order chi connectivity index (χ1) is 8.67. The predicted molar refractivity (Wildman–Crippen MR) is 78.3 cm³/mol. The van der Waals surface area contributed by atoms with E-state index in [0.29, 0.717) is 12.6 Å². The minimum Gasteiger partial charge on any atom is -0.329 e. The van der Waals surface area contributed by atoms with Gasteiger partial charge < -0.3 is 5.73 Å². The summed E-state index contributed by atoms with van der Waals surface area (Å²) < 4.78 is 12.8. The largest absolute Gasteiger partial charge is 0.329 e. The van der Waals surface area contributed by atoms with E-state index in [-0.39, 0.29) is 5.82 Å². The lowest BCUT2D eigenvalue weighted by Gasteiger charge is -2.27. The van der Waals surface area contributed by atoms with Crippen molar-refractivity contribution in [3.63, 3.8) is 0 Å². The number of hydrogen-bond donors (Lipinski definition) is 1. The van der Waals surface area contributed by atoms with Gasteiger partial charge in [-0.3, -0.25) is 4.90 Å². The van der Waals surface area contributed by atoms with Crippen LogP contribution in [0.2, 0.25) is 0 Å². The summed E-state index contributed by atoms with van der Waals surface area (Å²) in [4.78, 5) is 2.26. The molecule has 0 amide bonds. The maximum absolute atomic E-state index is 12.8. The second-order valence-corrected chi connectivity index (χ2v) is 5.55. The Kier molecular flexibility index (Phi) is 7.32. The van der Waals surface area contributed by atoms with Gasteiger partial charge in [-0.15, -0.1) is 0 Å². The lowest BCUT2D eigenvalue weighted by molar-refractivity contribution is 0.226. The van der Waals surface area contributed by atoms with Crippen LogP contribution in [0.3, 0.4) is 0 Å². The molecule has 18 heavy (non-hydrogen) atoms. The zero-order valence-electron chi connectivity index (χ0n) is 11.2. The summed E-state index contributed by atoms with van der Waals surface area (Å²) in [6.07, 6.45) is 4.44. The molecule has 102 valence electrons. The van der Waals surface area contributed by atoms with E-state index < -0.39 is 0 Å². The van der Waals surface area contributed by atoms with Gasteiger partial charge in [0, 0.05) is 19.1 Å². The van der Waals surface area contributed by atoms with E-state index in [1.165, 1.54) is 24.3 Å². The summed E-state index contributed by atoms with van der Waals surface area (Å²) in [6, 6.07) is 7.09. The molecule has 4 heteroatoms.